The number of ether oxygens (including phenoxy) is 2. The summed E-state index contributed by atoms with van der Waals surface area (Å²) in [5.41, 5.74) is 0.967. The molecule has 3 nitrogen and oxygen atoms in total. The first-order chi connectivity index (χ1) is 10.9. The van der Waals surface area contributed by atoms with Crippen LogP contribution in [0.3, 0.4) is 0 Å². The van der Waals surface area contributed by atoms with Gasteiger partial charge >= 0.3 is 5.97 Å². The molecule has 0 aromatic rings. The van der Waals surface area contributed by atoms with Gasteiger partial charge < -0.3 is 9.47 Å². The summed E-state index contributed by atoms with van der Waals surface area (Å²) in [6.45, 7) is 13.7. The highest BCUT2D eigenvalue weighted by atomic mass is 16.5. The van der Waals surface area contributed by atoms with E-state index in [1.54, 1.807) is 6.08 Å². The van der Waals surface area contributed by atoms with Crippen molar-refractivity contribution < 1.29 is 14.3 Å². The Balaban J connectivity index is 4.09. The molecule has 0 radical (unpaired) electrons. The Morgan fingerprint density at radius 3 is 2.48 bits per heavy atom. The predicted molar refractivity (Wildman–Crippen MR) is 97.5 cm³/mol. The van der Waals surface area contributed by atoms with Crippen molar-refractivity contribution in [1.29, 1.82) is 0 Å². The van der Waals surface area contributed by atoms with E-state index in [9.17, 15) is 4.79 Å². The summed E-state index contributed by atoms with van der Waals surface area (Å²) in [6.07, 6.45) is 11.3. The minimum absolute atomic E-state index is 0.0310. The fourth-order valence-electron chi connectivity index (χ4n) is 2.55. The first kappa shape index (κ1) is 21.9. The summed E-state index contributed by atoms with van der Waals surface area (Å²) >= 11 is 0. The fourth-order valence-corrected chi connectivity index (χ4v) is 2.55. The predicted octanol–water partition coefficient (Wildman–Crippen LogP) is 5.45. The highest BCUT2D eigenvalue weighted by Gasteiger charge is 2.21. The first-order valence-electron chi connectivity index (χ1n) is 9.02. The van der Waals surface area contributed by atoms with Gasteiger partial charge in [-0.05, 0) is 58.4 Å². The summed E-state index contributed by atoms with van der Waals surface area (Å²) < 4.78 is 10.8. The smallest absolute Gasteiger partial charge is 0.330 e. The molecule has 3 heteroatoms. The first-order valence-corrected chi connectivity index (χ1v) is 9.02. The summed E-state index contributed by atoms with van der Waals surface area (Å²) in [4.78, 5) is 11.3. The highest BCUT2D eigenvalue weighted by molar-refractivity contribution is 5.83. The van der Waals surface area contributed by atoms with Crippen LogP contribution in [-0.2, 0) is 14.3 Å². The van der Waals surface area contributed by atoms with Crippen LogP contribution in [-0.4, -0.2) is 24.8 Å². The minimum Gasteiger partial charge on any atom is -0.463 e. The molecule has 0 aliphatic heterocycles. The van der Waals surface area contributed by atoms with Gasteiger partial charge in [-0.25, -0.2) is 4.79 Å². The number of hydrogen-bond donors (Lipinski definition) is 0. The standard InChI is InChI=1S/C20H36O3/c1-7-20(6,23-9-3)15-11-14-17(4)12-10-13-18(5)16-19(21)22-8-2/h10,13,16-17H,7-9,11-12,14-15H2,1-6H3/b13-10+,18-16+. The average Bonchev–Trinajstić information content (AvgIpc) is 2.47. The van der Waals surface area contributed by atoms with E-state index in [2.05, 4.69) is 33.8 Å². The quantitative estimate of drug-likeness (QED) is 0.272. The summed E-state index contributed by atoms with van der Waals surface area (Å²) in [5.74, 6) is 0.377. The molecule has 0 bridgehead atoms. The van der Waals surface area contributed by atoms with Gasteiger partial charge in [-0.3, -0.25) is 0 Å². The second-order valence-corrected chi connectivity index (χ2v) is 6.51. The van der Waals surface area contributed by atoms with Crippen molar-refractivity contribution in [1.82, 2.24) is 0 Å². The lowest BCUT2D eigenvalue weighted by Crippen LogP contribution is -2.27. The van der Waals surface area contributed by atoms with Crippen LogP contribution in [0.4, 0.5) is 0 Å². The Morgan fingerprint density at radius 1 is 1.22 bits per heavy atom. The number of carbonyl (C=O) groups is 1. The molecule has 0 saturated heterocycles. The van der Waals surface area contributed by atoms with Crippen LogP contribution >= 0.6 is 0 Å². The number of allylic oxidation sites excluding steroid dienone is 3. The number of rotatable bonds is 12. The molecule has 0 heterocycles. The van der Waals surface area contributed by atoms with Crippen LogP contribution in [0.1, 0.15) is 73.6 Å². The molecule has 0 aromatic carbocycles. The van der Waals surface area contributed by atoms with E-state index >= 15 is 0 Å². The Bertz CT molecular complexity index is 384. The van der Waals surface area contributed by atoms with E-state index < -0.39 is 0 Å². The van der Waals surface area contributed by atoms with E-state index in [0.717, 1.165) is 31.4 Å². The molecular formula is C20H36O3. The van der Waals surface area contributed by atoms with Gasteiger partial charge in [0.25, 0.3) is 0 Å². The van der Waals surface area contributed by atoms with E-state index in [4.69, 9.17) is 9.47 Å². The van der Waals surface area contributed by atoms with Gasteiger partial charge in [0.05, 0.1) is 12.2 Å². The maximum Gasteiger partial charge on any atom is 0.330 e. The van der Waals surface area contributed by atoms with Gasteiger partial charge in [0.2, 0.25) is 0 Å². The molecule has 0 N–H and O–H groups in total. The van der Waals surface area contributed by atoms with E-state index in [1.807, 2.05) is 19.9 Å². The molecule has 0 saturated carbocycles. The molecule has 23 heavy (non-hydrogen) atoms. The number of carbonyl (C=O) groups excluding carboxylic acids is 1. The molecule has 2 atom stereocenters. The maximum atomic E-state index is 11.3. The van der Waals surface area contributed by atoms with Gasteiger partial charge in [-0.1, -0.05) is 38.8 Å². The third-order valence-electron chi connectivity index (χ3n) is 4.19. The average molecular weight is 325 g/mol. The van der Waals surface area contributed by atoms with Gasteiger partial charge in [-0.15, -0.1) is 0 Å². The zero-order valence-corrected chi connectivity index (χ0v) is 16.0. The summed E-state index contributed by atoms with van der Waals surface area (Å²) in [5, 5.41) is 0. The van der Waals surface area contributed by atoms with Gasteiger partial charge in [-0.2, -0.15) is 0 Å². The Kier molecular flexibility index (Phi) is 11.8. The van der Waals surface area contributed by atoms with Gasteiger partial charge in [0.1, 0.15) is 0 Å². The van der Waals surface area contributed by atoms with Crippen molar-refractivity contribution in [3.05, 3.63) is 23.8 Å². The van der Waals surface area contributed by atoms with Gasteiger partial charge in [0.15, 0.2) is 0 Å². The van der Waals surface area contributed by atoms with Crippen molar-refractivity contribution >= 4 is 5.97 Å². The van der Waals surface area contributed by atoms with Crippen LogP contribution in [0.5, 0.6) is 0 Å². The molecule has 0 aliphatic rings. The maximum absolute atomic E-state index is 11.3. The van der Waals surface area contributed by atoms with Crippen LogP contribution in [0.25, 0.3) is 0 Å². The minimum atomic E-state index is -0.266. The zero-order chi connectivity index (χ0) is 17.7. The van der Waals surface area contributed by atoms with Crippen molar-refractivity contribution in [3.63, 3.8) is 0 Å². The molecule has 0 aliphatic carbocycles. The van der Waals surface area contributed by atoms with E-state index in [-0.39, 0.29) is 11.6 Å². The Labute approximate surface area is 143 Å². The second-order valence-electron chi connectivity index (χ2n) is 6.51. The van der Waals surface area contributed by atoms with Crippen molar-refractivity contribution in [2.45, 2.75) is 79.2 Å². The molecular weight excluding hydrogens is 288 g/mol. The summed E-state index contributed by atoms with van der Waals surface area (Å²) in [7, 11) is 0. The normalized spacial score (nSPS) is 16.3. The van der Waals surface area contributed by atoms with Crippen LogP contribution in [0, 0.1) is 5.92 Å². The molecule has 0 rings (SSSR count). The lowest BCUT2D eigenvalue weighted by molar-refractivity contribution is -0.137. The van der Waals surface area contributed by atoms with E-state index in [0.29, 0.717) is 12.5 Å². The fraction of sp³-hybridized carbons (Fsp3) is 0.750. The van der Waals surface area contributed by atoms with E-state index in [1.165, 1.54) is 12.8 Å². The largest absolute Gasteiger partial charge is 0.463 e. The molecule has 2 unspecified atom stereocenters. The van der Waals surface area contributed by atoms with Crippen LogP contribution < -0.4 is 0 Å². The topological polar surface area (TPSA) is 35.5 Å². The second kappa shape index (κ2) is 12.3. The van der Waals surface area contributed by atoms with Crippen LogP contribution in [0.15, 0.2) is 23.8 Å². The molecule has 0 amide bonds. The SMILES string of the molecule is CCOC(=O)/C=C(C)/C=C/CC(C)CCCC(C)(CC)OCC. The Hall–Kier alpha value is -1.09. The zero-order valence-electron chi connectivity index (χ0n) is 16.0. The highest BCUT2D eigenvalue weighted by Crippen LogP contribution is 2.24. The van der Waals surface area contributed by atoms with Gasteiger partial charge in [0, 0.05) is 12.7 Å². The molecule has 134 valence electrons. The lowest BCUT2D eigenvalue weighted by Gasteiger charge is -2.28. The monoisotopic (exact) mass is 324 g/mol. The van der Waals surface area contributed by atoms with Crippen LogP contribution in [0.2, 0.25) is 0 Å². The third-order valence-corrected chi connectivity index (χ3v) is 4.19. The Morgan fingerprint density at radius 2 is 1.91 bits per heavy atom. The molecule has 0 spiro atoms. The number of hydrogen-bond acceptors (Lipinski definition) is 3. The van der Waals surface area contributed by atoms with Crippen molar-refractivity contribution in [2.24, 2.45) is 5.92 Å². The third kappa shape index (κ3) is 11.1. The lowest BCUT2D eigenvalue weighted by atomic mass is 9.92. The molecule has 0 aromatic heterocycles. The van der Waals surface area contributed by atoms with Crippen molar-refractivity contribution in [3.8, 4) is 0 Å². The summed E-state index contributed by atoms with van der Waals surface area (Å²) in [6, 6.07) is 0. The van der Waals surface area contributed by atoms with Crippen molar-refractivity contribution in [2.75, 3.05) is 13.2 Å². The number of esters is 1. The molecule has 0 fully saturated rings.